The lowest BCUT2D eigenvalue weighted by Crippen LogP contribution is -2.39. The van der Waals surface area contributed by atoms with Crippen LogP contribution in [-0.4, -0.2) is 66.8 Å². The van der Waals surface area contributed by atoms with E-state index >= 15 is 0 Å². The Morgan fingerprint density at radius 2 is 1.97 bits per heavy atom. The highest BCUT2D eigenvalue weighted by Crippen LogP contribution is 2.61. The van der Waals surface area contributed by atoms with Crippen LogP contribution in [0.15, 0.2) is 48.8 Å². The van der Waals surface area contributed by atoms with Crippen LogP contribution in [0.25, 0.3) is 5.52 Å². The largest absolute Gasteiger partial charge is 0.462 e. The molecule has 1 saturated heterocycles. The molecule has 14 heteroatoms. The van der Waals surface area contributed by atoms with Crippen LogP contribution in [0.4, 0.5) is 5.82 Å². The molecule has 1 aliphatic heterocycles. The van der Waals surface area contributed by atoms with Gasteiger partial charge in [-0.05, 0) is 45.0 Å². The Balaban J connectivity index is 1.35. The number of nitrogens with two attached hydrogens (primary N) is 1. The Morgan fingerprint density at radius 3 is 2.62 bits per heavy atom. The number of hydrogen-bond acceptors (Lipinski definition) is 11. The number of nitrogen functional groups attached to an aromatic ring is 1. The molecule has 5 rings (SSSR count). The van der Waals surface area contributed by atoms with Gasteiger partial charge < -0.3 is 29.9 Å². The van der Waals surface area contributed by atoms with Gasteiger partial charge in [-0.2, -0.15) is 10.2 Å². The van der Waals surface area contributed by atoms with Crippen molar-refractivity contribution in [1.82, 2.24) is 19.7 Å². The second-order valence-corrected chi connectivity index (χ2v) is 10.9. The first-order valence-corrected chi connectivity index (χ1v) is 13.2. The highest BCUT2D eigenvalue weighted by Gasteiger charge is 2.79. The third-order valence-electron chi connectivity index (χ3n) is 6.21. The maximum absolute atomic E-state index is 13.8. The van der Waals surface area contributed by atoms with E-state index in [0.29, 0.717) is 11.2 Å². The lowest BCUT2D eigenvalue weighted by Gasteiger charge is -2.26. The predicted molar refractivity (Wildman–Crippen MR) is 129 cm³/mol. The number of carbonyl (C=O) groups excluding carboxylic acids is 1. The van der Waals surface area contributed by atoms with Crippen LogP contribution in [0.2, 0.25) is 0 Å². The minimum atomic E-state index is -4.28. The number of aromatic nitrogens is 3. The summed E-state index contributed by atoms with van der Waals surface area (Å²) in [6.07, 6.45) is -3.77. The number of anilines is 1. The van der Waals surface area contributed by atoms with Gasteiger partial charge in [0.05, 0.1) is 11.8 Å². The van der Waals surface area contributed by atoms with Gasteiger partial charge in [0.1, 0.15) is 48.1 Å². The first kappa shape index (κ1) is 25.6. The number of aliphatic hydroxyl groups excluding tert-OH is 1. The average Bonchev–Trinajstić information content (AvgIpc) is 3.11. The SMILES string of the molecule is CC(C)OC(=O)[C@H](C)NP(=O)(Oc1ccccc1)OC1[C@H]2O[C@@H](c3ccc4c(N)ncnn34)[C@H](O)[C@@]12O. The maximum Gasteiger partial charge on any atom is 0.459 e. The molecule has 1 saturated carbocycles. The number of benzene rings is 1. The molecule has 2 aliphatic rings. The molecule has 7 atom stereocenters. The van der Waals surface area contributed by atoms with Crippen LogP contribution in [-0.2, 0) is 23.4 Å². The number of hydrogen-bond donors (Lipinski definition) is 4. The number of para-hydroxylation sites is 1. The molecule has 13 nitrogen and oxygen atoms in total. The summed E-state index contributed by atoms with van der Waals surface area (Å²) in [6.45, 7) is 4.82. The number of ether oxygens (including phenoxy) is 2. The fraction of sp³-hybridized carbons (Fsp3) is 0.435. The fourth-order valence-electron chi connectivity index (χ4n) is 4.35. The van der Waals surface area contributed by atoms with E-state index in [9.17, 15) is 19.6 Å². The molecule has 0 amide bonds. The number of fused-ring (bicyclic) bond motifs is 2. The summed E-state index contributed by atoms with van der Waals surface area (Å²) in [5, 5.41) is 28.9. The summed E-state index contributed by atoms with van der Waals surface area (Å²) in [4.78, 5) is 16.3. The van der Waals surface area contributed by atoms with E-state index in [1.807, 2.05) is 0 Å². The van der Waals surface area contributed by atoms with E-state index in [1.54, 1.807) is 56.3 Å². The lowest BCUT2D eigenvalue weighted by atomic mass is 10.1. The second-order valence-electron chi connectivity index (χ2n) is 9.27. The van der Waals surface area contributed by atoms with Crippen molar-refractivity contribution in [2.45, 2.75) is 62.9 Å². The van der Waals surface area contributed by atoms with Gasteiger partial charge in [0.25, 0.3) is 0 Å². The quantitative estimate of drug-likeness (QED) is 0.229. The first-order chi connectivity index (χ1) is 17.5. The van der Waals surface area contributed by atoms with E-state index < -0.39 is 49.8 Å². The van der Waals surface area contributed by atoms with E-state index in [4.69, 9.17) is 24.3 Å². The summed E-state index contributed by atoms with van der Waals surface area (Å²) in [5.41, 5.74) is 4.96. The molecule has 2 fully saturated rings. The molecule has 0 radical (unpaired) electrons. The topological polar surface area (TPSA) is 180 Å². The van der Waals surface area contributed by atoms with Gasteiger partial charge in [0.15, 0.2) is 11.4 Å². The van der Waals surface area contributed by atoms with Crippen molar-refractivity contribution >= 4 is 25.1 Å². The summed E-state index contributed by atoms with van der Waals surface area (Å²) in [5.74, 6) is -0.214. The highest BCUT2D eigenvalue weighted by atomic mass is 31.2. The molecule has 0 spiro atoms. The van der Waals surface area contributed by atoms with E-state index in [1.165, 1.54) is 17.8 Å². The van der Waals surface area contributed by atoms with Crippen LogP contribution in [0.1, 0.15) is 32.6 Å². The fourth-order valence-corrected chi connectivity index (χ4v) is 6.07. The van der Waals surface area contributed by atoms with Gasteiger partial charge in [-0.3, -0.25) is 9.32 Å². The minimum Gasteiger partial charge on any atom is -0.462 e. The van der Waals surface area contributed by atoms with Crippen molar-refractivity contribution in [2.24, 2.45) is 0 Å². The van der Waals surface area contributed by atoms with E-state index in [-0.39, 0.29) is 17.7 Å². The van der Waals surface area contributed by atoms with Crippen molar-refractivity contribution in [3.05, 3.63) is 54.5 Å². The average molecular weight is 533 g/mol. The number of esters is 1. The summed E-state index contributed by atoms with van der Waals surface area (Å²) in [7, 11) is -4.28. The van der Waals surface area contributed by atoms with Crippen molar-refractivity contribution in [2.75, 3.05) is 5.73 Å². The number of carbonyl (C=O) groups is 1. The molecule has 3 aromatic rings. The van der Waals surface area contributed by atoms with Crippen LogP contribution in [0.5, 0.6) is 5.75 Å². The molecule has 37 heavy (non-hydrogen) atoms. The molecule has 1 aromatic carbocycles. The minimum absolute atomic E-state index is 0.205. The number of nitrogens with one attached hydrogen (secondary N) is 1. The van der Waals surface area contributed by atoms with Gasteiger partial charge in [0, 0.05) is 0 Å². The Morgan fingerprint density at radius 1 is 1.24 bits per heavy atom. The number of rotatable bonds is 9. The monoisotopic (exact) mass is 533 g/mol. The van der Waals surface area contributed by atoms with Gasteiger partial charge in [0.2, 0.25) is 0 Å². The number of aliphatic hydroxyl groups is 2. The zero-order valence-electron chi connectivity index (χ0n) is 20.3. The highest BCUT2D eigenvalue weighted by molar-refractivity contribution is 7.52. The normalized spacial score (nSPS) is 29.0. The zero-order chi connectivity index (χ0) is 26.5. The van der Waals surface area contributed by atoms with Gasteiger partial charge in [-0.25, -0.2) is 14.1 Å². The molecule has 198 valence electrons. The number of nitrogens with zero attached hydrogens (tertiary/aromatic N) is 3. The molecule has 1 aliphatic carbocycles. The molecule has 0 bridgehead atoms. The summed E-state index contributed by atoms with van der Waals surface area (Å²) in [6, 6.07) is 10.5. The van der Waals surface area contributed by atoms with Gasteiger partial charge in [-0.1, -0.05) is 18.2 Å². The lowest BCUT2D eigenvalue weighted by molar-refractivity contribution is -0.149. The Bertz CT molecular complexity index is 1350. The van der Waals surface area contributed by atoms with E-state index in [2.05, 4.69) is 15.2 Å². The van der Waals surface area contributed by atoms with Crippen LogP contribution < -0.4 is 15.3 Å². The third-order valence-corrected chi connectivity index (χ3v) is 7.87. The smallest absolute Gasteiger partial charge is 0.459 e. The standard InChI is InChI=1S/C23H28N5O8P/c1-12(2)33-22(30)13(3)27-37(32,35-14-7-5-4-6-8-14)36-20-19-23(20,31)18(29)17(34-19)15-9-10-16-21(24)25-11-26-28(15)16/h4-13,17-20,29,31H,1-3H3,(H,27,32)(H2,24,25,26)/t13-,17-,18-,19+,20?,23-,37?/m0/s1. The van der Waals surface area contributed by atoms with Gasteiger partial charge in [-0.15, -0.1) is 0 Å². The molecule has 2 aromatic heterocycles. The van der Waals surface area contributed by atoms with Crippen LogP contribution >= 0.6 is 7.75 Å². The molecule has 3 heterocycles. The maximum atomic E-state index is 13.8. The molecule has 2 unspecified atom stereocenters. The van der Waals surface area contributed by atoms with Crippen LogP contribution in [0, 0.1) is 0 Å². The van der Waals surface area contributed by atoms with Gasteiger partial charge >= 0.3 is 13.7 Å². The van der Waals surface area contributed by atoms with E-state index in [0.717, 1.165) is 0 Å². The molecule has 5 N–H and O–H groups in total. The first-order valence-electron chi connectivity index (χ1n) is 11.7. The molecular formula is C23H28N5O8P. The van der Waals surface area contributed by atoms with Crippen molar-refractivity contribution in [3.63, 3.8) is 0 Å². The summed E-state index contributed by atoms with van der Waals surface area (Å²) >= 11 is 0. The summed E-state index contributed by atoms with van der Waals surface area (Å²) < 4.78 is 37.7. The Kier molecular flexibility index (Phi) is 6.47. The Hall–Kier alpha value is -3.06. The van der Waals surface area contributed by atoms with Crippen molar-refractivity contribution < 1.29 is 38.1 Å². The van der Waals surface area contributed by atoms with Crippen molar-refractivity contribution in [1.29, 1.82) is 0 Å². The predicted octanol–water partition coefficient (Wildman–Crippen LogP) is 1.36. The van der Waals surface area contributed by atoms with Crippen LogP contribution in [0.3, 0.4) is 0 Å². The second kappa shape index (κ2) is 9.35. The zero-order valence-corrected chi connectivity index (χ0v) is 21.2. The molecular weight excluding hydrogens is 505 g/mol. The Labute approximate surface area is 212 Å². The van der Waals surface area contributed by atoms with Crippen molar-refractivity contribution in [3.8, 4) is 5.75 Å². The third kappa shape index (κ3) is 4.58.